The first-order valence-corrected chi connectivity index (χ1v) is 9.99. The topological polar surface area (TPSA) is 17.8 Å². The van der Waals surface area contributed by atoms with Gasteiger partial charge in [-0.2, -0.15) is 0 Å². The molecule has 0 atom stereocenters. The van der Waals surface area contributed by atoms with Crippen LogP contribution >= 0.6 is 11.6 Å². The summed E-state index contributed by atoms with van der Waals surface area (Å²) >= 11 is 6.85. The number of fused-ring (bicyclic) bond motifs is 1. The van der Waals surface area contributed by atoms with Crippen LogP contribution in [0.15, 0.2) is 115 Å². The van der Waals surface area contributed by atoms with Crippen molar-refractivity contribution in [3.05, 3.63) is 137 Å². The Hall–Kier alpha value is -3.36. The van der Waals surface area contributed by atoms with Crippen LogP contribution in [0.5, 0.6) is 0 Å². The summed E-state index contributed by atoms with van der Waals surface area (Å²) in [6.07, 6.45) is 0. The largest absolute Gasteiger partial charge is 0.296 e. The van der Waals surface area contributed by atoms with Gasteiger partial charge >= 0.3 is 0 Å². The Kier molecular flexibility index (Phi) is 4.42. The minimum Gasteiger partial charge on any atom is -0.296 e. The van der Waals surface area contributed by atoms with Gasteiger partial charge in [0.25, 0.3) is 0 Å². The van der Waals surface area contributed by atoms with Gasteiger partial charge in [0, 0.05) is 0 Å². The number of benzene rings is 4. The van der Waals surface area contributed by atoms with E-state index in [9.17, 15) is 0 Å². The molecule has 140 valence electrons. The van der Waals surface area contributed by atoms with Crippen molar-refractivity contribution in [2.24, 2.45) is 0 Å². The maximum absolute atomic E-state index is 6.85. The van der Waals surface area contributed by atoms with Crippen molar-refractivity contribution in [3.63, 3.8) is 0 Å². The lowest BCUT2D eigenvalue weighted by molar-refractivity contribution is 0.530. The van der Waals surface area contributed by atoms with Crippen LogP contribution in [0, 0.1) is 0 Å². The van der Waals surface area contributed by atoms with E-state index in [1.54, 1.807) is 0 Å². The Morgan fingerprint density at radius 2 is 0.966 bits per heavy atom. The maximum Gasteiger partial charge on any atom is 0.205 e. The highest BCUT2D eigenvalue weighted by Crippen LogP contribution is 2.44. The lowest BCUT2D eigenvalue weighted by Gasteiger charge is -2.38. The summed E-state index contributed by atoms with van der Waals surface area (Å²) in [7, 11) is 0. The van der Waals surface area contributed by atoms with Gasteiger partial charge in [0.05, 0.1) is 11.0 Å². The number of para-hydroxylation sites is 2. The molecule has 2 nitrogen and oxygen atoms in total. The Bertz CT molecular complexity index is 1150. The second kappa shape index (κ2) is 7.23. The molecule has 0 aliphatic carbocycles. The summed E-state index contributed by atoms with van der Waals surface area (Å²) in [6, 6.07) is 39.6. The molecular weight excluding hydrogens is 376 g/mol. The predicted molar refractivity (Wildman–Crippen MR) is 119 cm³/mol. The van der Waals surface area contributed by atoms with Crippen molar-refractivity contribution in [3.8, 4) is 0 Å². The molecule has 0 N–H and O–H groups in total. The zero-order valence-corrected chi connectivity index (χ0v) is 16.5. The summed E-state index contributed by atoms with van der Waals surface area (Å²) in [6.45, 7) is 0. The number of imidazole rings is 1. The minimum atomic E-state index is -0.656. The number of hydrogen-bond donors (Lipinski definition) is 0. The van der Waals surface area contributed by atoms with Crippen LogP contribution in [0.2, 0.25) is 5.28 Å². The number of hydrogen-bond acceptors (Lipinski definition) is 1. The van der Waals surface area contributed by atoms with Gasteiger partial charge in [0.15, 0.2) is 0 Å². The van der Waals surface area contributed by atoms with Crippen molar-refractivity contribution >= 4 is 22.6 Å². The fraction of sp³-hybridized carbons (Fsp3) is 0.0385. The summed E-state index contributed by atoms with van der Waals surface area (Å²) in [5.74, 6) is 0. The van der Waals surface area contributed by atoms with E-state index in [0.717, 1.165) is 27.7 Å². The number of rotatable bonds is 4. The van der Waals surface area contributed by atoms with E-state index < -0.39 is 5.54 Å². The third-order valence-corrected chi connectivity index (χ3v) is 5.68. The van der Waals surface area contributed by atoms with Gasteiger partial charge in [0.2, 0.25) is 5.28 Å². The molecule has 0 radical (unpaired) electrons. The molecular formula is C26H19ClN2. The van der Waals surface area contributed by atoms with Crippen molar-refractivity contribution in [2.45, 2.75) is 5.54 Å². The number of nitrogens with zero attached hydrogens (tertiary/aromatic N) is 2. The fourth-order valence-electron chi connectivity index (χ4n) is 4.24. The van der Waals surface area contributed by atoms with Crippen LogP contribution in [0.25, 0.3) is 11.0 Å². The van der Waals surface area contributed by atoms with Crippen molar-refractivity contribution in [2.75, 3.05) is 0 Å². The first kappa shape index (κ1) is 17.7. The highest BCUT2D eigenvalue weighted by atomic mass is 35.5. The van der Waals surface area contributed by atoms with Gasteiger partial charge in [-0.25, -0.2) is 4.98 Å². The molecule has 0 fully saturated rings. The molecule has 4 aromatic carbocycles. The summed E-state index contributed by atoms with van der Waals surface area (Å²) in [4.78, 5) is 4.68. The molecule has 0 aliphatic heterocycles. The predicted octanol–water partition coefficient (Wildman–Crippen LogP) is 6.53. The smallest absolute Gasteiger partial charge is 0.205 e. The quantitative estimate of drug-likeness (QED) is 0.317. The van der Waals surface area contributed by atoms with Crippen LogP contribution in [-0.4, -0.2) is 9.55 Å². The first-order valence-electron chi connectivity index (χ1n) is 9.62. The van der Waals surface area contributed by atoms with Crippen LogP contribution in [0.1, 0.15) is 16.7 Å². The number of halogens is 1. The average Bonchev–Trinajstić information content (AvgIpc) is 3.13. The number of aromatic nitrogens is 2. The molecule has 5 rings (SSSR count). The monoisotopic (exact) mass is 394 g/mol. The molecule has 0 unspecified atom stereocenters. The maximum atomic E-state index is 6.85. The molecule has 29 heavy (non-hydrogen) atoms. The van der Waals surface area contributed by atoms with E-state index in [0.29, 0.717) is 5.28 Å². The van der Waals surface area contributed by atoms with Crippen LogP contribution in [-0.2, 0) is 5.54 Å². The van der Waals surface area contributed by atoms with Gasteiger partial charge in [-0.1, -0.05) is 103 Å². The van der Waals surface area contributed by atoms with Gasteiger partial charge in [0.1, 0.15) is 5.54 Å². The second-order valence-corrected chi connectivity index (χ2v) is 7.35. The summed E-state index contributed by atoms with van der Waals surface area (Å²) in [5, 5.41) is 0.461. The molecule has 0 amide bonds. The molecule has 1 heterocycles. The van der Waals surface area contributed by atoms with E-state index in [1.807, 2.05) is 36.4 Å². The standard InChI is InChI=1S/C26H19ClN2/c27-25-28-23-18-10-11-19-24(23)29(25)26(20-12-4-1-5-13-20,21-14-6-2-7-15-21)22-16-8-3-9-17-22/h1-19H. The molecule has 3 heteroatoms. The Morgan fingerprint density at radius 1 is 0.552 bits per heavy atom. The first-order chi connectivity index (χ1) is 14.3. The molecule has 0 spiro atoms. The third-order valence-electron chi connectivity index (χ3n) is 5.43. The van der Waals surface area contributed by atoms with E-state index >= 15 is 0 Å². The lowest BCUT2D eigenvalue weighted by Crippen LogP contribution is -2.37. The highest BCUT2D eigenvalue weighted by Gasteiger charge is 2.40. The Morgan fingerprint density at radius 3 is 1.45 bits per heavy atom. The van der Waals surface area contributed by atoms with Crippen molar-refractivity contribution in [1.82, 2.24) is 9.55 Å². The fourth-order valence-corrected chi connectivity index (χ4v) is 4.55. The van der Waals surface area contributed by atoms with E-state index in [-0.39, 0.29) is 0 Å². The van der Waals surface area contributed by atoms with Crippen LogP contribution < -0.4 is 0 Å². The molecule has 0 saturated heterocycles. The van der Waals surface area contributed by atoms with E-state index in [4.69, 9.17) is 11.6 Å². The van der Waals surface area contributed by atoms with Crippen LogP contribution in [0.3, 0.4) is 0 Å². The van der Waals surface area contributed by atoms with E-state index in [1.165, 1.54) is 0 Å². The lowest BCUT2D eigenvalue weighted by atomic mass is 9.76. The second-order valence-electron chi connectivity index (χ2n) is 7.01. The SMILES string of the molecule is Clc1nc2ccccc2n1C(c1ccccc1)(c1ccccc1)c1ccccc1. The van der Waals surface area contributed by atoms with Crippen LogP contribution in [0.4, 0.5) is 0 Å². The zero-order chi connectivity index (χ0) is 19.7. The molecule has 0 aliphatic rings. The molecule has 0 bridgehead atoms. The zero-order valence-electron chi connectivity index (χ0n) is 15.7. The van der Waals surface area contributed by atoms with Gasteiger partial charge in [-0.3, -0.25) is 4.57 Å². The Labute approximate surface area is 175 Å². The summed E-state index contributed by atoms with van der Waals surface area (Å²) < 4.78 is 2.16. The normalized spacial score (nSPS) is 11.6. The third kappa shape index (κ3) is 2.76. The molecule has 0 saturated carbocycles. The van der Waals surface area contributed by atoms with Gasteiger partial charge in [-0.05, 0) is 40.4 Å². The Balaban J connectivity index is 2.00. The van der Waals surface area contributed by atoms with Crippen molar-refractivity contribution in [1.29, 1.82) is 0 Å². The molecule has 5 aromatic rings. The van der Waals surface area contributed by atoms with Gasteiger partial charge in [-0.15, -0.1) is 0 Å². The average molecular weight is 395 g/mol. The van der Waals surface area contributed by atoms with Crippen molar-refractivity contribution < 1.29 is 0 Å². The minimum absolute atomic E-state index is 0.461. The highest BCUT2D eigenvalue weighted by molar-refractivity contribution is 6.29. The molecule has 1 aromatic heterocycles. The van der Waals surface area contributed by atoms with Gasteiger partial charge < -0.3 is 0 Å². The summed E-state index contributed by atoms with van der Waals surface area (Å²) in [5.41, 5.74) is 4.60. The van der Waals surface area contributed by atoms with E-state index in [2.05, 4.69) is 88.4 Å².